The molecule has 0 bridgehead atoms. The smallest absolute Gasteiger partial charge is 0.234 e. The van der Waals surface area contributed by atoms with Crippen molar-refractivity contribution in [2.24, 2.45) is 0 Å². The first-order chi connectivity index (χ1) is 13.5. The van der Waals surface area contributed by atoms with Gasteiger partial charge in [0.05, 0.1) is 20.0 Å². The lowest BCUT2D eigenvalue weighted by Crippen LogP contribution is -2.14. The van der Waals surface area contributed by atoms with Gasteiger partial charge in [0.25, 0.3) is 0 Å². The maximum Gasteiger partial charge on any atom is 0.234 e. The standard InChI is InChI=1S/C21H26N2O4S/c1-4-5-9-20(24)22-15-7-6-8-19(12-15)28-14-21(25)23-16-10-17(26-2)13-18(11-16)27-3/h6-8,10-13H,4-5,9,14H2,1-3H3,(H,22,24)(H,23,25). The van der Waals surface area contributed by atoms with Crippen LogP contribution in [0.2, 0.25) is 0 Å². The van der Waals surface area contributed by atoms with Gasteiger partial charge in [0, 0.05) is 40.9 Å². The van der Waals surface area contributed by atoms with Gasteiger partial charge in [0.1, 0.15) is 11.5 Å². The molecule has 0 atom stereocenters. The number of carbonyl (C=O) groups is 2. The fourth-order valence-corrected chi connectivity index (χ4v) is 3.21. The van der Waals surface area contributed by atoms with Crippen LogP contribution in [0.15, 0.2) is 47.4 Å². The summed E-state index contributed by atoms with van der Waals surface area (Å²) < 4.78 is 10.4. The Bertz CT molecular complexity index is 788. The molecule has 2 aromatic carbocycles. The highest BCUT2D eigenvalue weighted by Crippen LogP contribution is 2.26. The topological polar surface area (TPSA) is 76.7 Å². The van der Waals surface area contributed by atoms with E-state index in [1.165, 1.54) is 11.8 Å². The van der Waals surface area contributed by atoms with Crippen LogP contribution in [-0.4, -0.2) is 31.8 Å². The van der Waals surface area contributed by atoms with Gasteiger partial charge in [0.15, 0.2) is 0 Å². The highest BCUT2D eigenvalue weighted by molar-refractivity contribution is 8.00. The van der Waals surface area contributed by atoms with E-state index in [1.54, 1.807) is 32.4 Å². The molecule has 0 heterocycles. The summed E-state index contributed by atoms with van der Waals surface area (Å²) in [7, 11) is 3.12. The number of ether oxygens (including phenoxy) is 2. The van der Waals surface area contributed by atoms with Crippen LogP contribution in [0.3, 0.4) is 0 Å². The molecule has 0 aliphatic heterocycles. The van der Waals surface area contributed by atoms with Crippen LogP contribution < -0.4 is 20.1 Å². The first-order valence-electron chi connectivity index (χ1n) is 9.09. The highest BCUT2D eigenvalue weighted by Gasteiger charge is 2.08. The fraction of sp³-hybridized carbons (Fsp3) is 0.333. The van der Waals surface area contributed by atoms with Crippen LogP contribution in [0.1, 0.15) is 26.2 Å². The summed E-state index contributed by atoms with van der Waals surface area (Å²) in [5.74, 6) is 1.32. The Kier molecular flexibility index (Phi) is 8.68. The predicted molar refractivity (Wildman–Crippen MR) is 113 cm³/mol. The van der Waals surface area contributed by atoms with E-state index in [0.717, 1.165) is 23.4 Å². The average Bonchev–Trinajstić information content (AvgIpc) is 2.70. The van der Waals surface area contributed by atoms with Crippen molar-refractivity contribution in [2.45, 2.75) is 31.1 Å². The fourth-order valence-electron chi connectivity index (χ4n) is 2.45. The van der Waals surface area contributed by atoms with Crippen LogP contribution in [0, 0.1) is 0 Å². The molecule has 0 spiro atoms. The van der Waals surface area contributed by atoms with E-state index >= 15 is 0 Å². The van der Waals surface area contributed by atoms with Crippen molar-refractivity contribution < 1.29 is 19.1 Å². The van der Waals surface area contributed by atoms with Crippen LogP contribution >= 0.6 is 11.8 Å². The van der Waals surface area contributed by atoms with E-state index in [-0.39, 0.29) is 17.6 Å². The quantitative estimate of drug-likeness (QED) is 0.570. The molecule has 6 nitrogen and oxygen atoms in total. The van der Waals surface area contributed by atoms with Crippen molar-refractivity contribution >= 4 is 35.0 Å². The van der Waals surface area contributed by atoms with Crippen molar-refractivity contribution in [2.75, 3.05) is 30.6 Å². The number of benzene rings is 2. The Labute approximate surface area is 170 Å². The molecule has 0 aliphatic rings. The molecular formula is C21H26N2O4S. The molecule has 0 fully saturated rings. The van der Waals surface area contributed by atoms with Gasteiger partial charge in [-0.15, -0.1) is 11.8 Å². The van der Waals surface area contributed by atoms with E-state index < -0.39 is 0 Å². The third-order valence-electron chi connectivity index (χ3n) is 3.88. The minimum atomic E-state index is -0.141. The minimum absolute atomic E-state index is 0.00807. The van der Waals surface area contributed by atoms with Gasteiger partial charge < -0.3 is 20.1 Å². The van der Waals surface area contributed by atoms with Gasteiger partial charge in [-0.2, -0.15) is 0 Å². The number of hydrogen-bond acceptors (Lipinski definition) is 5. The third-order valence-corrected chi connectivity index (χ3v) is 4.87. The lowest BCUT2D eigenvalue weighted by atomic mass is 10.2. The number of thioether (sulfide) groups is 1. The molecular weight excluding hydrogens is 376 g/mol. The Morgan fingerprint density at radius 1 is 0.929 bits per heavy atom. The Morgan fingerprint density at radius 2 is 1.61 bits per heavy atom. The number of anilines is 2. The van der Waals surface area contributed by atoms with Crippen molar-refractivity contribution in [3.8, 4) is 11.5 Å². The van der Waals surface area contributed by atoms with E-state index in [9.17, 15) is 9.59 Å². The summed E-state index contributed by atoms with van der Waals surface area (Å²) in [5.41, 5.74) is 1.35. The molecule has 7 heteroatoms. The van der Waals surface area contributed by atoms with Gasteiger partial charge in [-0.3, -0.25) is 9.59 Å². The van der Waals surface area contributed by atoms with Crippen molar-refractivity contribution in [3.63, 3.8) is 0 Å². The first kappa shape index (κ1) is 21.6. The number of amides is 2. The first-order valence-corrected chi connectivity index (χ1v) is 10.1. The van der Waals surface area contributed by atoms with Gasteiger partial charge >= 0.3 is 0 Å². The van der Waals surface area contributed by atoms with Crippen LogP contribution in [-0.2, 0) is 9.59 Å². The zero-order chi connectivity index (χ0) is 20.4. The molecule has 2 aromatic rings. The largest absolute Gasteiger partial charge is 0.497 e. The molecule has 2 rings (SSSR count). The zero-order valence-electron chi connectivity index (χ0n) is 16.4. The summed E-state index contributed by atoms with van der Waals surface area (Å²) in [6.45, 7) is 2.05. The van der Waals surface area contributed by atoms with Crippen molar-refractivity contribution in [1.29, 1.82) is 0 Å². The lowest BCUT2D eigenvalue weighted by molar-refractivity contribution is -0.116. The molecule has 150 valence electrons. The van der Waals surface area contributed by atoms with E-state index in [1.807, 2.05) is 24.3 Å². The summed E-state index contributed by atoms with van der Waals surface area (Å²) in [5, 5.41) is 5.73. The molecule has 0 unspecified atom stereocenters. The normalized spacial score (nSPS) is 10.2. The summed E-state index contributed by atoms with van der Waals surface area (Å²) >= 11 is 1.40. The van der Waals surface area contributed by atoms with E-state index in [2.05, 4.69) is 17.6 Å². The van der Waals surface area contributed by atoms with E-state index in [0.29, 0.717) is 23.6 Å². The second-order valence-corrected chi connectivity index (χ2v) is 7.17. The van der Waals surface area contributed by atoms with Gasteiger partial charge in [0.2, 0.25) is 11.8 Å². The molecule has 0 aromatic heterocycles. The second kappa shape index (κ2) is 11.2. The van der Waals surface area contributed by atoms with Gasteiger partial charge in [-0.05, 0) is 24.6 Å². The maximum absolute atomic E-state index is 12.3. The maximum atomic E-state index is 12.3. The Balaban J connectivity index is 1.90. The van der Waals surface area contributed by atoms with Gasteiger partial charge in [-0.25, -0.2) is 0 Å². The molecule has 0 saturated carbocycles. The third kappa shape index (κ3) is 7.15. The molecule has 0 aliphatic carbocycles. The van der Waals surface area contributed by atoms with Crippen LogP contribution in [0.25, 0.3) is 0 Å². The van der Waals surface area contributed by atoms with Crippen molar-refractivity contribution in [1.82, 2.24) is 0 Å². The number of hydrogen-bond donors (Lipinski definition) is 2. The number of carbonyl (C=O) groups excluding carboxylic acids is 2. The molecule has 2 amide bonds. The monoisotopic (exact) mass is 402 g/mol. The van der Waals surface area contributed by atoms with Gasteiger partial charge in [-0.1, -0.05) is 19.4 Å². The average molecular weight is 403 g/mol. The molecule has 28 heavy (non-hydrogen) atoms. The Morgan fingerprint density at radius 3 is 2.25 bits per heavy atom. The zero-order valence-corrected chi connectivity index (χ0v) is 17.2. The molecule has 0 radical (unpaired) electrons. The second-order valence-electron chi connectivity index (χ2n) is 6.12. The molecule has 0 saturated heterocycles. The summed E-state index contributed by atoms with van der Waals surface area (Å²) in [4.78, 5) is 25.0. The Hall–Kier alpha value is -2.67. The summed E-state index contributed by atoms with van der Waals surface area (Å²) in [6, 6.07) is 12.7. The minimum Gasteiger partial charge on any atom is -0.497 e. The van der Waals surface area contributed by atoms with Crippen molar-refractivity contribution in [3.05, 3.63) is 42.5 Å². The lowest BCUT2D eigenvalue weighted by Gasteiger charge is -2.10. The number of nitrogens with one attached hydrogen (secondary N) is 2. The SMILES string of the molecule is CCCCC(=O)Nc1cccc(SCC(=O)Nc2cc(OC)cc(OC)c2)c1. The number of methoxy groups -OCH3 is 2. The number of unbranched alkanes of at least 4 members (excludes halogenated alkanes) is 1. The summed E-state index contributed by atoms with van der Waals surface area (Å²) in [6.07, 6.45) is 2.37. The molecule has 2 N–H and O–H groups in total. The van der Waals surface area contributed by atoms with Crippen LogP contribution in [0.4, 0.5) is 11.4 Å². The highest BCUT2D eigenvalue weighted by atomic mass is 32.2. The number of rotatable bonds is 10. The predicted octanol–water partition coefficient (Wildman–Crippen LogP) is 4.56. The van der Waals surface area contributed by atoms with E-state index in [4.69, 9.17) is 9.47 Å². The van der Waals surface area contributed by atoms with Crippen LogP contribution in [0.5, 0.6) is 11.5 Å².